The van der Waals surface area contributed by atoms with Gasteiger partial charge in [0.25, 0.3) is 15.9 Å². The Balaban J connectivity index is 1.56. The molecule has 0 bridgehead atoms. The first-order chi connectivity index (χ1) is 15.3. The lowest BCUT2D eigenvalue weighted by molar-refractivity contribution is 0.0600. The molecule has 0 aliphatic carbocycles. The van der Waals surface area contributed by atoms with Gasteiger partial charge < -0.3 is 10.1 Å². The molecule has 1 aliphatic rings. The van der Waals surface area contributed by atoms with Gasteiger partial charge in [-0.25, -0.2) is 13.2 Å². The van der Waals surface area contributed by atoms with Crippen molar-refractivity contribution in [2.75, 3.05) is 16.7 Å². The van der Waals surface area contributed by atoms with Gasteiger partial charge in [-0.2, -0.15) is 0 Å². The molecule has 1 N–H and O–H groups in total. The topological polar surface area (TPSA) is 92.8 Å². The summed E-state index contributed by atoms with van der Waals surface area (Å²) in [6.07, 6.45) is 0.510. The van der Waals surface area contributed by atoms with Crippen molar-refractivity contribution in [3.05, 3.63) is 89.5 Å². The smallest absolute Gasteiger partial charge is 0.337 e. The Kier molecular flexibility index (Phi) is 5.71. The molecule has 1 heterocycles. The molecule has 0 unspecified atom stereocenters. The molecule has 0 radical (unpaired) electrons. The van der Waals surface area contributed by atoms with Crippen LogP contribution < -0.4 is 9.62 Å². The van der Waals surface area contributed by atoms with Crippen LogP contribution in [-0.4, -0.2) is 33.4 Å². The summed E-state index contributed by atoms with van der Waals surface area (Å²) in [5.74, 6) is -0.777. The van der Waals surface area contributed by atoms with Crippen LogP contribution in [0.3, 0.4) is 0 Å². The lowest BCUT2D eigenvalue weighted by atomic mass is 10.1. The lowest BCUT2D eigenvalue weighted by Gasteiger charge is -2.24. The van der Waals surface area contributed by atoms with E-state index in [0.717, 1.165) is 5.56 Å². The SMILES string of the molecule is COC(=O)c1ccc(NC(=O)c2ccc3c(c2)C[C@H](C)N3S(=O)(=O)c2ccccc2)cc1. The third-order valence-electron chi connectivity index (χ3n) is 5.36. The van der Waals surface area contributed by atoms with Crippen molar-refractivity contribution < 1.29 is 22.7 Å². The number of benzene rings is 3. The van der Waals surface area contributed by atoms with Gasteiger partial charge in [-0.15, -0.1) is 0 Å². The van der Waals surface area contributed by atoms with E-state index >= 15 is 0 Å². The summed E-state index contributed by atoms with van der Waals surface area (Å²) in [7, 11) is -2.40. The van der Waals surface area contributed by atoms with Gasteiger partial charge >= 0.3 is 5.97 Å². The van der Waals surface area contributed by atoms with Crippen molar-refractivity contribution >= 4 is 33.3 Å². The molecule has 8 heteroatoms. The molecule has 4 rings (SSSR count). The Bertz CT molecular complexity index is 1270. The molecule has 3 aromatic rings. The number of carbonyl (C=O) groups is 2. The highest BCUT2D eigenvalue weighted by Crippen LogP contribution is 2.37. The summed E-state index contributed by atoms with van der Waals surface area (Å²) in [6.45, 7) is 1.85. The molecule has 32 heavy (non-hydrogen) atoms. The normalized spacial score (nSPS) is 15.2. The second kappa shape index (κ2) is 8.47. The van der Waals surface area contributed by atoms with Crippen LogP contribution in [-0.2, 0) is 21.2 Å². The maximum Gasteiger partial charge on any atom is 0.337 e. The van der Waals surface area contributed by atoms with E-state index in [1.54, 1.807) is 72.8 Å². The highest BCUT2D eigenvalue weighted by molar-refractivity contribution is 7.92. The first-order valence-corrected chi connectivity index (χ1v) is 11.5. The number of rotatable bonds is 5. The minimum absolute atomic E-state index is 0.233. The number of sulfonamides is 1. The predicted molar refractivity (Wildman–Crippen MR) is 121 cm³/mol. The van der Waals surface area contributed by atoms with E-state index in [1.807, 2.05) is 6.92 Å². The van der Waals surface area contributed by atoms with E-state index in [4.69, 9.17) is 0 Å². The molecule has 1 atom stereocenters. The fourth-order valence-corrected chi connectivity index (χ4v) is 5.54. The molecular formula is C24H22N2O5S. The number of anilines is 2. The van der Waals surface area contributed by atoms with Gasteiger partial charge in [0.05, 0.1) is 23.3 Å². The first kappa shape index (κ1) is 21.6. The van der Waals surface area contributed by atoms with Crippen LogP contribution in [0.4, 0.5) is 11.4 Å². The van der Waals surface area contributed by atoms with Crippen molar-refractivity contribution in [1.82, 2.24) is 0 Å². The van der Waals surface area contributed by atoms with E-state index < -0.39 is 16.0 Å². The Morgan fingerprint density at radius 2 is 1.62 bits per heavy atom. The average Bonchev–Trinajstić information content (AvgIpc) is 3.15. The van der Waals surface area contributed by atoms with E-state index in [1.165, 1.54) is 11.4 Å². The van der Waals surface area contributed by atoms with Crippen molar-refractivity contribution in [3.63, 3.8) is 0 Å². The molecule has 164 valence electrons. The van der Waals surface area contributed by atoms with Gasteiger partial charge in [-0.1, -0.05) is 18.2 Å². The van der Waals surface area contributed by atoms with Gasteiger partial charge in [0.15, 0.2) is 0 Å². The highest BCUT2D eigenvalue weighted by Gasteiger charge is 2.36. The first-order valence-electron chi connectivity index (χ1n) is 10.0. The Morgan fingerprint density at radius 3 is 2.28 bits per heavy atom. The third-order valence-corrected chi connectivity index (χ3v) is 7.30. The number of ether oxygens (including phenoxy) is 1. The summed E-state index contributed by atoms with van der Waals surface area (Å²) in [4.78, 5) is 24.5. The van der Waals surface area contributed by atoms with Crippen LogP contribution in [0.5, 0.6) is 0 Å². The lowest BCUT2D eigenvalue weighted by Crippen LogP contribution is -2.35. The predicted octanol–water partition coefficient (Wildman–Crippen LogP) is 3.87. The van der Waals surface area contributed by atoms with E-state index in [2.05, 4.69) is 10.1 Å². The Hall–Kier alpha value is -3.65. The third kappa shape index (κ3) is 3.97. The van der Waals surface area contributed by atoms with Gasteiger partial charge in [0.1, 0.15) is 0 Å². The van der Waals surface area contributed by atoms with Crippen LogP contribution in [0.25, 0.3) is 0 Å². The standard InChI is InChI=1S/C24H22N2O5S/c1-16-14-19-15-18(23(27)25-20-11-8-17(9-12-20)24(28)31-2)10-13-22(19)26(16)32(29,30)21-6-4-3-5-7-21/h3-13,15-16H,14H2,1-2H3,(H,25,27)/t16-/m0/s1. The second-order valence-corrected chi connectivity index (χ2v) is 9.35. The van der Waals surface area contributed by atoms with Crippen LogP contribution in [0.15, 0.2) is 77.7 Å². The minimum atomic E-state index is -3.70. The maximum atomic E-state index is 13.2. The fraction of sp³-hybridized carbons (Fsp3) is 0.167. The molecule has 0 saturated carbocycles. The molecule has 3 aromatic carbocycles. The van der Waals surface area contributed by atoms with E-state index in [9.17, 15) is 18.0 Å². The van der Waals surface area contributed by atoms with Crippen molar-refractivity contribution in [2.45, 2.75) is 24.3 Å². The summed E-state index contributed by atoms with van der Waals surface area (Å²) in [6, 6.07) is 19.4. The maximum absolute atomic E-state index is 13.2. The van der Waals surface area contributed by atoms with E-state index in [-0.39, 0.29) is 16.8 Å². The van der Waals surface area contributed by atoms with Crippen LogP contribution >= 0.6 is 0 Å². The summed E-state index contributed by atoms with van der Waals surface area (Å²) in [5, 5.41) is 2.79. The molecule has 7 nitrogen and oxygen atoms in total. The van der Waals surface area contributed by atoms with Gasteiger partial charge in [0.2, 0.25) is 0 Å². The zero-order valence-corrected chi connectivity index (χ0v) is 18.4. The number of methoxy groups -OCH3 is 1. The Labute approximate surface area is 186 Å². The van der Waals surface area contributed by atoms with Crippen molar-refractivity contribution in [2.24, 2.45) is 0 Å². The van der Waals surface area contributed by atoms with Crippen LogP contribution in [0, 0.1) is 0 Å². The number of nitrogens with zero attached hydrogens (tertiary/aromatic N) is 1. The minimum Gasteiger partial charge on any atom is -0.465 e. The largest absolute Gasteiger partial charge is 0.465 e. The molecule has 0 aromatic heterocycles. The molecule has 1 amide bonds. The fourth-order valence-electron chi connectivity index (χ4n) is 3.83. The zero-order valence-electron chi connectivity index (χ0n) is 17.6. The van der Waals surface area contributed by atoms with Crippen molar-refractivity contribution in [3.8, 4) is 0 Å². The number of amides is 1. The number of carbonyl (C=O) groups excluding carboxylic acids is 2. The molecule has 1 aliphatic heterocycles. The summed E-state index contributed by atoms with van der Waals surface area (Å²) >= 11 is 0. The van der Waals surface area contributed by atoms with Crippen LogP contribution in [0.2, 0.25) is 0 Å². The molecule has 0 spiro atoms. The van der Waals surface area contributed by atoms with Gasteiger partial charge in [-0.05, 0) is 73.5 Å². The average molecular weight is 451 g/mol. The summed E-state index contributed by atoms with van der Waals surface area (Å²) in [5.41, 5.74) is 2.72. The number of hydrogen-bond donors (Lipinski definition) is 1. The van der Waals surface area contributed by atoms with Gasteiger partial charge in [-0.3, -0.25) is 9.10 Å². The van der Waals surface area contributed by atoms with Gasteiger partial charge in [0, 0.05) is 17.3 Å². The summed E-state index contributed by atoms with van der Waals surface area (Å²) < 4.78 is 32.4. The van der Waals surface area contributed by atoms with Crippen molar-refractivity contribution in [1.29, 1.82) is 0 Å². The quantitative estimate of drug-likeness (QED) is 0.596. The number of nitrogens with one attached hydrogen (secondary N) is 1. The number of hydrogen-bond acceptors (Lipinski definition) is 5. The molecular weight excluding hydrogens is 428 g/mol. The molecule has 0 fully saturated rings. The van der Waals surface area contributed by atoms with Crippen LogP contribution in [0.1, 0.15) is 33.2 Å². The second-order valence-electron chi connectivity index (χ2n) is 7.53. The van der Waals surface area contributed by atoms with E-state index in [0.29, 0.717) is 28.9 Å². The number of fused-ring (bicyclic) bond motifs is 1. The molecule has 0 saturated heterocycles. The number of esters is 1. The highest BCUT2D eigenvalue weighted by atomic mass is 32.2. The monoisotopic (exact) mass is 450 g/mol. The zero-order chi connectivity index (χ0) is 22.9. The Morgan fingerprint density at radius 1 is 0.969 bits per heavy atom.